The van der Waals surface area contributed by atoms with E-state index in [1.807, 2.05) is 19.1 Å². The average Bonchev–Trinajstić information content (AvgIpc) is 2.80. The molecule has 1 aliphatic heterocycles. The van der Waals surface area contributed by atoms with Crippen LogP contribution in [-0.2, 0) is 11.2 Å². The molecule has 1 unspecified atom stereocenters. The molecule has 1 heterocycles. The molecule has 0 bridgehead atoms. The minimum Gasteiger partial charge on any atom is -0.490 e. The van der Waals surface area contributed by atoms with Gasteiger partial charge in [-0.1, -0.05) is 36.4 Å². The Morgan fingerprint density at radius 2 is 1.77 bits per heavy atom. The first-order valence-electron chi connectivity index (χ1n) is 7.92. The fraction of sp³-hybridized carbons (Fsp3) is 0.368. The van der Waals surface area contributed by atoms with Gasteiger partial charge in [-0.3, -0.25) is 0 Å². The molecule has 2 aromatic carbocycles. The van der Waals surface area contributed by atoms with E-state index in [9.17, 15) is 0 Å². The Labute approximate surface area is 131 Å². The van der Waals surface area contributed by atoms with Crippen LogP contribution in [0.15, 0.2) is 48.5 Å². The van der Waals surface area contributed by atoms with Crippen molar-refractivity contribution >= 4 is 0 Å². The maximum atomic E-state index is 5.96. The number of hydrogen-bond acceptors (Lipinski definition) is 3. The minimum absolute atomic E-state index is 0.0320. The topological polar surface area (TPSA) is 27.7 Å². The van der Waals surface area contributed by atoms with Gasteiger partial charge in [0.25, 0.3) is 0 Å². The van der Waals surface area contributed by atoms with Crippen LogP contribution in [0.25, 0.3) is 0 Å². The standard InChI is InChI=1S/C19H22O3/c1-2-20-18(13-15-7-4-3-5-8-15)16-9-10-17-19(14-16)22-12-6-11-21-17/h3-5,7-10,14,18H,2,6,11-13H2,1H3. The van der Waals surface area contributed by atoms with Crippen LogP contribution in [0.2, 0.25) is 0 Å². The predicted octanol–water partition coefficient (Wildman–Crippen LogP) is 4.17. The fourth-order valence-electron chi connectivity index (χ4n) is 2.68. The van der Waals surface area contributed by atoms with Gasteiger partial charge < -0.3 is 14.2 Å². The molecule has 0 saturated heterocycles. The highest BCUT2D eigenvalue weighted by Gasteiger charge is 2.17. The SMILES string of the molecule is CCOC(Cc1ccccc1)c1ccc2c(c1)OCCCO2. The summed E-state index contributed by atoms with van der Waals surface area (Å²) in [6.07, 6.45) is 1.81. The number of fused-ring (bicyclic) bond motifs is 1. The molecule has 1 aliphatic rings. The van der Waals surface area contributed by atoms with E-state index in [4.69, 9.17) is 14.2 Å². The van der Waals surface area contributed by atoms with E-state index in [1.54, 1.807) is 0 Å². The van der Waals surface area contributed by atoms with Crippen molar-refractivity contribution in [1.29, 1.82) is 0 Å². The lowest BCUT2D eigenvalue weighted by Crippen LogP contribution is -2.08. The first-order chi connectivity index (χ1) is 10.9. The lowest BCUT2D eigenvalue weighted by molar-refractivity contribution is 0.0626. The van der Waals surface area contributed by atoms with Gasteiger partial charge in [-0.15, -0.1) is 0 Å². The summed E-state index contributed by atoms with van der Waals surface area (Å²) in [5.74, 6) is 1.66. The zero-order chi connectivity index (χ0) is 15.2. The van der Waals surface area contributed by atoms with Crippen molar-refractivity contribution in [2.24, 2.45) is 0 Å². The van der Waals surface area contributed by atoms with Crippen LogP contribution in [0, 0.1) is 0 Å². The van der Waals surface area contributed by atoms with Gasteiger partial charge in [0.2, 0.25) is 0 Å². The molecule has 22 heavy (non-hydrogen) atoms. The number of ether oxygens (including phenoxy) is 3. The first kappa shape index (κ1) is 14.9. The van der Waals surface area contributed by atoms with E-state index in [0.29, 0.717) is 19.8 Å². The number of hydrogen-bond donors (Lipinski definition) is 0. The summed E-state index contributed by atoms with van der Waals surface area (Å²) < 4.78 is 17.4. The van der Waals surface area contributed by atoms with Crippen molar-refractivity contribution < 1.29 is 14.2 Å². The molecule has 116 valence electrons. The van der Waals surface area contributed by atoms with Crippen LogP contribution < -0.4 is 9.47 Å². The molecule has 0 aliphatic carbocycles. The highest BCUT2D eigenvalue weighted by atomic mass is 16.5. The molecule has 0 radical (unpaired) electrons. The van der Waals surface area contributed by atoms with E-state index in [0.717, 1.165) is 29.9 Å². The Morgan fingerprint density at radius 1 is 1.00 bits per heavy atom. The van der Waals surface area contributed by atoms with Gasteiger partial charge in [0, 0.05) is 19.4 Å². The number of benzene rings is 2. The molecule has 0 aromatic heterocycles. The summed E-state index contributed by atoms with van der Waals surface area (Å²) in [6.45, 7) is 4.13. The summed E-state index contributed by atoms with van der Waals surface area (Å²) in [6, 6.07) is 16.6. The molecule has 0 N–H and O–H groups in total. The maximum absolute atomic E-state index is 5.96. The van der Waals surface area contributed by atoms with Crippen LogP contribution in [0.4, 0.5) is 0 Å². The molecule has 3 nitrogen and oxygen atoms in total. The third-order valence-electron chi connectivity index (χ3n) is 3.78. The molecule has 2 aromatic rings. The zero-order valence-corrected chi connectivity index (χ0v) is 13.0. The number of rotatable bonds is 5. The van der Waals surface area contributed by atoms with E-state index >= 15 is 0 Å². The van der Waals surface area contributed by atoms with E-state index in [2.05, 4.69) is 36.4 Å². The van der Waals surface area contributed by atoms with Crippen LogP contribution in [0.5, 0.6) is 11.5 Å². The summed E-state index contributed by atoms with van der Waals surface area (Å²) in [7, 11) is 0. The van der Waals surface area contributed by atoms with Gasteiger partial charge in [0.05, 0.1) is 19.3 Å². The largest absolute Gasteiger partial charge is 0.490 e. The second kappa shape index (κ2) is 7.32. The van der Waals surface area contributed by atoms with Gasteiger partial charge in [0.15, 0.2) is 11.5 Å². The van der Waals surface area contributed by atoms with E-state index < -0.39 is 0 Å². The Kier molecular flexibility index (Phi) is 4.96. The fourth-order valence-corrected chi connectivity index (χ4v) is 2.68. The van der Waals surface area contributed by atoms with Crippen LogP contribution in [0.3, 0.4) is 0 Å². The van der Waals surface area contributed by atoms with Crippen molar-refractivity contribution in [1.82, 2.24) is 0 Å². The van der Waals surface area contributed by atoms with Crippen molar-refractivity contribution in [2.75, 3.05) is 19.8 Å². The minimum atomic E-state index is 0.0320. The van der Waals surface area contributed by atoms with Crippen molar-refractivity contribution in [3.63, 3.8) is 0 Å². The molecule has 0 spiro atoms. The van der Waals surface area contributed by atoms with E-state index in [1.165, 1.54) is 5.56 Å². The van der Waals surface area contributed by atoms with Gasteiger partial charge in [-0.05, 0) is 30.2 Å². The Balaban J connectivity index is 1.83. The monoisotopic (exact) mass is 298 g/mol. The molecule has 3 rings (SSSR count). The smallest absolute Gasteiger partial charge is 0.161 e. The molecule has 1 atom stereocenters. The highest BCUT2D eigenvalue weighted by Crippen LogP contribution is 2.34. The summed E-state index contributed by atoms with van der Waals surface area (Å²) in [4.78, 5) is 0. The zero-order valence-electron chi connectivity index (χ0n) is 13.0. The normalized spacial score (nSPS) is 15.1. The quantitative estimate of drug-likeness (QED) is 0.829. The van der Waals surface area contributed by atoms with Crippen LogP contribution in [-0.4, -0.2) is 19.8 Å². The van der Waals surface area contributed by atoms with Gasteiger partial charge in [-0.25, -0.2) is 0 Å². The molecular formula is C19H22O3. The van der Waals surface area contributed by atoms with Gasteiger partial charge in [-0.2, -0.15) is 0 Å². The summed E-state index contributed by atoms with van der Waals surface area (Å²) in [5, 5.41) is 0. The Morgan fingerprint density at radius 3 is 2.55 bits per heavy atom. The first-order valence-corrected chi connectivity index (χ1v) is 7.92. The van der Waals surface area contributed by atoms with Crippen LogP contribution >= 0.6 is 0 Å². The van der Waals surface area contributed by atoms with Gasteiger partial charge >= 0.3 is 0 Å². The molecule has 0 saturated carbocycles. The third-order valence-corrected chi connectivity index (χ3v) is 3.78. The maximum Gasteiger partial charge on any atom is 0.161 e. The lowest BCUT2D eigenvalue weighted by atomic mass is 10.0. The molecule has 0 amide bonds. The summed E-state index contributed by atoms with van der Waals surface area (Å²) in [5.41, 5.74) is 2.41. The predicted molar refractivity (Wildman–Crippen MR) is 86.6 cm³/mol. The highest BCUT2D eigenvalue weighted by molar-refractivity contribution is 5.44. The van der Waals surface area contributed by atoms with Crippen molar-refractivity contribution in [3.8, 4) is 11.5 Å². The van der Waals surface area contributed by atoms with E-state index in [-0.39, 0.29) is 6.10 Å². The van der Waals surface area contributed by atoms with Crippen molar-refractivity contribution in [3.05, 3.63) is 59.7 Å². The second-order valence-corrected chi connectivity index (χ2v) is 5.39. The molecule has 3 heteroatoms. The van der Waals surface area contributed by atoms with Crippen LogP contribution in [0.1, 0.15) is 30.6 Å². The summed E-state index contributed by atoms with van der Waals surface area (Å²) >= 11 is 0. The Hall–Kier alpha value is -2.00. The van der Waals surface area contributed by atoms with Crippen molar-refractivity contribution in [2.45, 2.75) is 25.9 Å². The average molecular weight is 298 g/mol. The second-order valence-electron chi connectivity index (χ2n) is 5.39. The molecule has 0 fully saturated rings. The molecular weight excluding hydrogens is 276 g/mol. The lowest BCUT2D eigenvalue weighted by Gasteiger charge is -2.19. The van der Waals surface area contributed by atoms with Gasteiger partial charge in [0.1, 0.15) is 0 Å². The Bertz CT molecular complexity index is 595. The third kappa shape index (κ3) is 3.60.